The van der Waals surface area contributed by atoms with Crippen molar-refractivity contribution in [3.63, 3.8) is 0 Å². The third kappa shape index (κ3) is 4.32. The summed E-state index contributed by atoms with van der Waals surface area (Å²) in [6.07, 6.45) is 9.57. The van der Waals surface area contributed by atoms with Crippen LogP contribution in [0.15, 0.2) is 23.3 Å². The lowest BCUT2D eigenvalue weighted by atomic mass is 10.1. The van der Waals surface area contributed by atoms with Crippen LogP contribution in [0.3, 0.4) is 0 Å². The Hall–Kier alpha value is -0.343. The van der Waals surface area contributed by atoms with Gasteiger partial charge >= 0.3 is 0 Å². The van der Waals surface area contributed by atoms with E-state index in [1.807, 2.05) is 0 Å². The van der Waals surface area contributed by atoms with E-state index in [1.54, 1.807) is 11.1 Å². The van der Waals surface area contributed by atoms with Crippen LogP contribution in [0.25, 0.3) is 0 Å². The van der Waals surface area contributed by atoms with Crippen LogP contribution in [-0.4, -0.2) is 14.4 Å². The monoisotopic (exact) mass is 280 g/mol. The van der Waals surface area contributed by atoms with Crippen LogP contribution < -0.4 is 0 Å². The van der Waals surface area contributed by atoms with Gasteiger partial charge in [-0.1, -0.05) is 45.4 Å². The van der Waals surface area contributed by atoms with E-state index in [2.05, 4.69) is 59.9 Å². The molecule has 0 radical (unpaired) electrons. The number of hydrogen-bond donors (Lipinski definition) is 0. The van der Waals surface area contributed by atoms with Crippen LogP contribution >= 0.6 is 0 Å². The summed E-state index contributed by atoms with van der Waals surface area (Å²) in [4.78, 5) is 0. The van der Waals surface area contributed by atoms with Gasteiger partial charge in [0.25, 0.3) is 0 Å². The minimum Gasteiger partial charge on any atom is -0.410 e. The molecule has 0 saturated heterocycles. The lowest BCUT2D eigenvalue weighted by Crippen LogP contribution is -2.43. The molecule has 110 valence electrons. The fraction of sp³-hybridized carbons (Fsp3) is 0.765. The van der Waals surface area contributed by atoms with Gasteiger partial charge in [-0.2, -0.15) is 0 Å². The van der Waals surface area contributed by atoms with Crippen molar-refractivity contribution in [1.29, 1.82) is 0 Å². The zero-order chi connectivity index (χ0) is 14.7. The second kappa shape index (κ2) is 6.40. The first kappa shape index (κ1) is 16.7. The molecule has 0 amide bonds. The van der Waals surface area contributed by atoms with Gasteiger partial charge in [-0.25, -0.2) is 0 Å². The SMILES string of the molecule is CC/C=C/CC1=C(C)CCC1O[Si](C)(C)C(C)(C)C. The van der Waals surface area contributed by atoms with Crippen molar-refractivity contribution in [3.05, 3.63) is 23.3 Å². The Morgan fingerprint density at radius 1 is 1.26 bits per heavy atom. The maximum Gasteiger partial charge on any atom is 0.192 e. The molecule has 0 aromatic rings. The van der Waals surface area contributed by atoms with Crippen LogP contribution in [0, 0.1) is 0 Å². The Labute approximate surface area is 121 Å². The largest absolute Gasteiger partial charge is 0.410 e. The average molecular weight is 281 g/mol. The molecule has 0 spiro atoms. The van der Waals surface area contributed by atoms with E-state index in [1.165, 1.54) is 12.8 Å². The number of rotatable bonds is 5. The molecule has 1 rings (SSSR count). The normalized spacial score (nSPS) is 21.7. The van der Waals surface area contributed by atoms with Crippen molar-refractivity contribution < 1.29 is 4.43 Å². The lowest BCUT2D eigenvalue weighted by molar-refractivity contribution is 0.212. The molecule has 0 aliphatic heterocycles. The molecule has 1 aliphatic carbocycles. The molecular formula is C17H32OSi. The highest BCUT2D eigenvalue weighted by Gasteiger charge is 2.40. The van der Waals surface area contributed by atoms with Gasteiger partial charge in [0.05, 0.1) is 6.10 Å². The summed E-state index contributed by atoms with van der Waals surface area (Å²) in [5, 5.41) is 0.299. The summed E-state index contributed by atoms with van der Waals surface area (Å²) in [6, 6.07) is 0. The van der Waals surface area contributed by atoms with Crippen LogP contribution in [0.2, 0.25) is 18.1 Å². The number of hydrogen-bond acceptors (Lipinski definition) is 1. The highest BCUT2D eigenvalue weighted by molar-refractivity contribution is 6.74. The predicted molar refractivity (Wildman–Crippen MR) is 88.1 cm³/mol. The second-order valence-electron chi connectivity index (χ2n) is 7.29. The summed E-state index contributed by atoms with van der Waals surface area (Å²) in [5.74, 6) is 0. The summed E-state index contributed by atoms with van der Waals surface area (Å²) >= 11 is 0. The molecule has 1 nitrogen and oxygen atoms in total. The van der Waals surface area contributed by atoms with E-state index in [0.29, 0.717) is 11.1 Å². The Kier molecular flexibility index (Phi) is 5.63. The molecule has 0 N–H and O–H groups in total. The minimum absolute atomic E-state index is 0.299. The third-order valence-electron chi connectivity index (χ3n) is 4.70. The van der Waals surface area contributed by atoms with Crippen molar-refractivity contribution in [3.8, 4) is 0 Å². The molecular weight excluding hydrogens is 248 g/mol. The molecule has 0 heterocycles. The van der Waals surface area contributed by atoms with Gasteiger partial charge in [0, 0.05) is 0 Å². The number of allylic oxidation sites excluding steroid dienone is 3. The van der Waals surface area contributed by atoms with E-state index < -0.39 is 8.32 Å². The van der Waals surface area contributed by atoms with Crippen molar-refractivity contribution in [1.82, 2.24) is 0 Å². The molecule has 1 atom stereocenters. The van der Waals surface area contributed by atoms with Gasteiger partial charge in [0.15, 0.2) is 8.32 Å². The van der Waals surface area contributed by atoms with E-state index >= 15 is 0 Å². The average Bonchev–Trinajstić information content (AvgIpc) is 2.59. The fourth-order valence-electron chi connectivity index (χ4n) is 2.30. The molecule has 0 aromatic carbocycles. The van der Waals surface area contributed by atoms with Gasteiger partial charge in [0.2, 0.25) is 0 Å². The van der Waals surface area contributed by atoms with Crippen molar-refractivity contribution in [2.24, 2.45) is 0 Å². The molecule has 2 heteroatoms. The first-order valence-corrected chi connectivity index (χ1v) is 10.6. The first-order chi connectivity index (χ1) is 8.69. The quantitative estimate of drug-likeness (QED) is 0.454. The van der Waals surface area contributed by atoms with Crippen molar-refractivity contribution in [2.45, 2.75) is 84.5 Å². The van der Waals surface area contributed by atoms with E-state index in [4.69, 9.17) is 4.43 Å². The summed E-state index contributed by atoms with van der Waals surface area (Å²) < 4.78 is 6.62. The molecule has 19 heavy (non-hydrogen) atoms. The molecule has 0 bridgehead atoms. The Morgan fingerprint density at radius 2 is 1.89 bits per heavy atom. The van der Waals surface area contributed by atoms with E-state index in [0.717, 1.165) is 12.8 Å². The maximum atomic E-state index is 6.62. The molecule has 1 aliphatic rings. The second-order valence-corrected chi connectivity index (χ2v) is 12.1. The fourth-order valence-corrected chi connectivity index (χ4v) is 3.63. The molecule has 0 fully saturated rings. The molecule has 0 aromatic heterocycles. The molecule has 0 saturated carbocycles. The maximum absolute atomic E-state index is 6.62. The highest BCUT2D eigenvalue weighted by Crippen LogP contribution is 2.41. The highest BCUT2D eigenvalue weighted by atomic mass is 28.4. The Morgan fingerprint density at radius 3 is 2.42 bits per heavy atom. The van der Waals surface area contributed by atoms with Gasteiger partial charge in [0.1, 0.15) is 0 Å². The topological polar surface area (TPSA) is 9.23 Å². The van der Waals surface area contributed by atoms with Crippen LogP contribution in [0.1, 0.15) is 60.3 Å². The predicted octanol–water partition coefficient (Wildman–Crippen LogP) is 5.84. The first-order valence-electron chi connectivity index (χ1n) is 7.70. The van der Waals surface area contributed by atoms with E-state index in [-0.39, 0.29) is 0 Å². The zero-order valence-electron chi connectivity index (χ0n) is 14.0. The van der Waals surface area contributed by atoms with Crippen molar-refractivity contribution in [2.75, 3.05) is 0 Å². The van der Waals surface area contributed by atoms with Gasteiger partial charge in [-0.05, 0) is 56.3 Å². The summed E-state index contributed by atoms with van der Waals surface area (Å²) in [6.45, 7) is 16.2. The Bertz CT molecular complexity index is 358. The summed E-state index contributed by atoms with van der Waals surface area (Å²) in [5.41, 5.74) is 3.11. The van der Waals surface area contributed by atoms with Gasteiger partial charge in [-0.15, -0.1) is 0 Å². The van der Waals surface area contributed by atoms with Gasteiger partial charge < -0.3 is 4.43 Å². The van der Waals surface area contributed by atoms with Crippen molar-refractivity contribution >= 4 is 8.32 Å². The lowest BCUT2D eigenvalue weighted by Gasteiger charge is -2.39. The standard InChI is InChI=1S/C17H32OSi/c1-8-9-10-11-15-14(2)12-13-16(15)18-19(6,7)17(3,4)5/h9-10,16H,8,11-13H2,1-7H3/b10-9+. The van der Waals surface area contributed by atoms with Crippen LogP contribution in [-0.2, 0) is 4.43 Å². The smallest absolute Gasteiger partial charge is 0.192 e. The Balaban J connectivity index is 2.76. The minimum atomic E-state index is -1.65. The molecule has 1 unspecified atom stereocenters. The van der Waals surface area contributed by atoms with Gasteiger partial charge in [-0.3, -0.25) is 0 Å². The zero-order valence-corrected chi connectivity index (χ0v) is 15.0. The third-order valence-corrected chi connectivity index (χ3v) is 9.19. The van der Waals surface area contributed by atoms with E-state index in [9.17, 15) is 0 Å². The van der Waals surface area contributed by atoms with Crippen LogP contribution in [0.5, 0.6) is 0 Å². The van der Waals surface area contributed by atoms with Crippen LogP contribution in [0.4, 0.5) is 0 Å². The summed E-state index contributed by atoms with van der Waals surface area (Å²) in [7, 11) is -1.65.